The van der Waals surface area contributed by atoms with Gasteiger partial charge in [-0.3, -0.25) is 0 Å². The summed E-state index contributed by atoms with van der Waals surface area (Å²) in [6.45, 7) is 4.53. The second-order valence-corrected chi connectivity index (χ2v) is 11.5. The van der Waals surface area contributed by atoms with Crippen LogP contribution in [-0.2, 0) is 4.74 Å². The van der Waals surface area contributed by atoms with Crippen LogP contribution < -0.4 is 0 Å². The van der Waals surface area contributed by atoms with Gasteiger partial charge in [0.1, 0.15) is 0 Å². The van der Waals surface area contributed by atoms with Gasteiger partial charge in [-0.05, 0) is 37.3 Å². The molecule has 3 heteroatoms. The molecule has 4 atom stereocenters. The van der Waals surface area contributed by atoms with Crippen LogP contribution in [0.2, 0.25) is 18.6 Å². The van der Waals surface area contributed by atoms with E-state index in [1.165, 1.54) is 31.4 Å². The zero-order valence-corrected chi connectivity index (χ0v) is 10.3. The van der Waals surface area contributed by atoms with Gasteiger partial charge in [-0.15, -0.1) is 0 Å². The van der Waals surface area contributed by atoms with Crippen LogP contribution in [0.4, 0.5) is 0 Å². The molecule has 0 radical (unpaired) electrons. The van der Waals surface area contributed by atoms with Crippen molar-refractivity contribution < 1.29 is 4.74 Å². The molecule has 1 aliphatic heterocycles. The molecule has 13 heavy (non-hydrogen) atoms. The third-order valence-corrected chi connectivity index (χ3v) is 7.73. The molecule has 2 fully saturated rings. The summed E-state index contributed by atoms with van der Waals surface area (Å²) in [5.41, 5.74) is 0. The summed E-state index contributed by atoms with van der Waals surface area (Å²) in [4.78, 5) is 0. The first-order chi connectivity index (χ1) is 6.11. The summed E-state index contributed by atoms with van der Waals surface area (Å²) in [5.74, 6) is 0.873. The van der Waals surface area contributed by atoms with Crippen molar-refractivity contribution in [3.05, 3.63) is 0 Å². The molecule has 1 saturated heterocycles. The summed E-state index contributed by atoms with van der Waals surface area (Å²) < 4.78 is 5.53. The Bertz CT molecular complexity index is 195. The first-order valence-electron chi connectivity index (χ1n) is 5.45. The van der Waals surface area contributed by atoms with E-state index in [9.17, 15) is 0 Å². The molecule has 0 aromatic rings. The Balaban J connectivity index is 1.81. The van der Waals surface area contributed by atoms with Gasteiger partial charge >= 0.3 is 0 Å². The van der Waals surface area contributed by atoms with Crippen molar-refractivity contribution in [2.75, 3.05) is 0 Å². The zero-order valence-electron chi connectivity index (χ0n) is 8.55. The molecule has 0 N–H and O–H groups in total. The highest BCUT2D eigenvalue weighted by atomic mass is 35.6. The lowest BCUT2D eigenvalue weighted by Crippen LogP contribution is -2.27. The monoisotopic (exact) mass is 218 g/mol. The normalized spacial score (nSPS) is 42.2. The molecule has 2 aliphatic rings. The Morgan fingerprint density at radius 3 is 2.77 bits per heavy atom. The van der Waals surface area contributed by atoms with Crippen LogP contribution in [-0.4, -0.2) is 19.6 Å². The predicted molar refractivity (Wildman–Crippen MR) is 58.8 cm³/mol. The number of rotatable bonds is 3. The van der Waals surface area contributed by atoms with Crippen LogP contribution in [0.25, 0.3) is 0 Å². The fourth-order valence-electron chi connectivity index (χ4n) is 2.42. The van der Waals surface area contributed by atoms with Gasteiger partial charge in [-0.2, -0.15) is 11.1 Å². The van der Waals surface area contributed by atoms with E-state index in [4.69, 9.17) is 15.8 Å². The minimum Gasteiger partial charge on any atom is -0.370 e. The minimum absolute atomic E-state index is 0.622. The van der Waals surface area contributed by atoms with E-state index in [0.717, 1.165) is 5.92 Å². The highest BCUT2D eigenvalue weighted by Crippen LogP contribution is 2.43. The van der Waals surface area contributed by atoms with Crippen LogP contribution in [0.5, 0.6) is 0 Å². The summed E-state index contributed by atoms with van der Waals surface area (Å²) in [5, 5.41) is 0. The number of halogens is 1. The van der Waals surface area contributed by atoms with E-state index in [2.05, 4.69) is 13.5 Å². The molecular weight excluding hydrogens is 200 g/mol. The van der Waals surface area contributed by atoms with Crippen molar-refractivity contribution >= 4 is 18.5 Å². The van der Waals surface area contributed by atoms with Crippen molar-refractivity contribution in [3.8, 4) is 0 Å². The van der Waals surface area contributed by atoms with Crippen molar-refractivity contribution in [1.29, 1.82) is 0 Å². The highest BCUT2D eigenvalue weighted by Gasteiger charge is 2.44. The second kappa shape index (κ2) is 3.56. The maximum atomic E-state index is 6.51. The third kappa shape index (κ3) is 2.48. The van der Waals surface area contributed by atoms with Crippen LogP contribution in [0, 0.1) is 5.92 Å². The van der Waals surface area contributed by atoms with Gasteiger partial charge in [0.2, 0.25) is 0 Å². The Kier molecular flexibility index (Phi) is 2.74. The van der Waals surface area contributed by atoms with E-state index in [1.807, 2.05) is 0 Å². The Labute approximate surface area is 86.5 Å². The SMILES string of the molecule is CC[Si](C)(Cl)CC1CCC2OC2C1. The molecule has 1 heterocycles. The van der Waals surface area contributed by atoms with Crippen molar-refractivity contribution in [1.82, 2.24) is 0 Å². The largest absolute Gasteiger partial charge is 0.370 e. The molecule has 1 aliphatic carbocycles. The van der Waals surface area contributed by atoms with E-state index < -0.39 is 7.38 Å². The molecular formula is C10H19ClOSi. The maximum absolute atomic E-state index is 6.51. The standard InChI is InChI=1S/C10H19ClOSi/c1-3-13(2,11)7-8-4-5-9-10(6-8)12-9/h8-10H,3-7H2,1-2H3. The van der Waals surface area contributed by atoms with Crippen molar-refractivity contribution in [2.45, 2.75) is 57.0 Å². The van der Waals surface area contributed by atoms with Crippen LogP contribution in [0.3, 0.4) is 0 Å². The summed E-state index contributed by atoms with van der Waals surface area (Å²) in [6.07, 6.45) is 5.20. The van der Waals surface area contributed by atoms with Gasteiger partial charge in [0.15, 0.2) is 7.38 Å². The predicted octanol–water partition coefficient (Wildman–Crippen LogP) is 3.39. The first kappa shape index (κ1) is 10.0. The average Bonchev–Trinajstić information content (AvgIpc) is 2.81. The molecule has 1 nitrogen and oxygen atoms in total. The summed E-state index contributed by atoms with van der Waals surface area (Å²) in [6, 6.07) is 2.51. The van der Waals surface area contributed by atoms with Crippen LogP contribution in [0.1, 0.15) is 26.2 Å². The van der Waals surface area contributed by atoms with Gasteiger partial charge < -0.3 is 4.74 Å². The van der Waals surface area contributed by atoms with E-state index in [0.29, 0.717) is 12.2 Å². The number of fused-ring (bicyclic) bond motifs is 1. The van der Waals surface area contributed by atoms with Crippen LogP contribution >= 0.6 is 11.1 Å². The summed E-state index contributed by atoms with van der Waals surface area (Å²) >= 11 is 6.51. The number of epoxide rings is 1. The lowest BCUT2D eigenvalue weighted by Gasteiger charge is -2.25. The number of hydrogen-bond acceptors (Lipinski definition) is 1. The highest BCUT2D eigenvalue weighted by molar-refractivity contribution is 7.19. The average molecular weight is 219 g/mol. The van der Waals surface area contributed by atoms with Crippen molar-refractivity contribution in [3.63, 3.8) is 0 Å². The van der Waals surface area contributed by atoms with Gasteiger partial charge in [-0.1, -0.05) is 13.5 Å². The fraction of sp³-hybridized carbons (Fsp3) is 1.00. The molecule has 0 aromatic heterocycles. The second-order valence-electron chi connectivity index (χ2n) is 4.86. The molecule has 76 valence electrons. The zero-order chi connectivity index (χ0) is 9.47. The van der Waals surface area contributed by atoms with Gasteiger partial charge in [0.05, 0.1) is 12.2 Å². The first-order valence-corrected chi connectivity index (χ1v) is 9.38. The lowest BCUT2D eigenvalue weighted by molar-refractivity contribution is 0.366. The third-order valence-electron chi connectivity index (χ3n) is 3.56. The molecule has 0 aromatic carbocycles. The molecule has 0 amide bonds. The van der Waals surface area contributed by atoms with Gasteiger partial charge in [0, 0.05) is 0 Å². The fourth-order valence-corrected chi connectivity index (χ4v) is 4.94. The molecule has 2 rings (SSSR count). The smallest absolute Gasteiger partial charge is 0.153 e. The molecule has 0 spiro atoms. The van der Waals surface area contributed by atoms with Crippen LogP contribution in [0.15, 0.2) is 0 Å². The Morgan fingerprint density at radius 1 is 1.38 bits per heavy atom. The van der Waals surface area contributed by atoms with E-state index in [-0.39, 0.29) is 0 Å². The van der Waals surface area contributed by atoms with Gasteiger partial charge in [0.25, 0.3) is 0 Å². The van der Waals surface area contributed by atoms with E-state index >= 15 is 0 Å². The molecule has 1 saturated carbocycles. The minimum atomic E-state index is -1.36. The molecule has 0 bridgehead atoms. The Hall–Kier alpha value is 0.467. The Morgan fingerprint density at radius 2 is 2.15 bits per heavy atom. The number of hydrogen-bond donors (Lipinski definition) is 0. The maximum Gasteiger partial charge on any atom is 0.153 e. The van der Waals surface area contributed by atoms with Crippen molar-refractivity contribution in [2.24, 2.45) is 5.92 Å². The lowest BCUT2D eigenvalue weighted by atomic mass is 9.91. The number of ether oxygens (including phenoxy) is 1. The molecule has 4 unspecified atom stereocenters. The quantitative estimate of drug-likeness (QED) is 0.402. The topological polar surface area (TPSA) is 12.5 Å². The van der Waals surface area contributed by atoms with E-state index in [1.54, 1.807) is 0 Å². The summed E-state index contributed by atoms with van der Waals surface area (Å²) in [7, 11) is -1.36. The van der Waals surface area contributed by atoms with Gasteiger partial charge in [-0.25, -0.2) is 0 Å².